The van der Waals surface area contributed by atoms with Crippen LogP contribution in [-0.4, -0.2) is 12.1 Å². The summed E-state index contributed by atoms with van der Waals surface area (Å²) in [5.74, 6) is -3.26. The van der Waals surface area contributed by atoms with Crippen LogP contribution in [0.3, 0.4) is 0 Å². The number of amides is 1. The highest BCUT2D eigenvalue weighted by Gasteiger charge is 2.39. The molecule has 0 aromatic heterocycles. The van der Waals surface area contributed by atoms with Crippen LogP contribution in [0.25, 0.3) is 0 Å². The monoisotopic (exact) mass is 241 g/mol. The van der Waals surface area contributed by atoms with E-state index in [1.165, 1.54) is 5.32 Å². The fourth-order valence-corrected chi connectivity index (χ4v) is 0.943. The first-order chi connectivity index (χ1) is 6.80. The zero-order chi connectivity index (χ0) is 11.6. The molecule has 0 radical (unpaired) electrons. The van der Waals surface area contributed by atoms with Gasteiger partial charge in [0.05, 0.1) is 5.69 Å². The molecule has 2 nitrogen and oxygen atoms in total. The molecule has 1 aromatic rings. The molecular formula is C8H4ClF4NO. The van der Waals surface area contributed by atoms with Crippen molar-refractivity contribution in [1.82, 2.24) is 0 Å². The van der Waals surface area contributed by atoms with Crippen LogP contribution in [0.1, 0.15) is 0 Å². The van der Waals surface area contributed by atoms with Crippen molar-refractivity contribution < 1.29 is 22.4 Å². The molecule has 1 rings (SSSR count). The van der Waals surface area contributed by atoms with E-state index in [0.717, 1.165) is 18.2 Å². The Kier molecular flexibility index (Phi) is 3.18. The summed E-state index contributed by atoms with van der Waals surface area (Å²) < 4.78 is 48.3. The minimum atomic E-state index is -5.05. The Hall–Kier alpha value is -1.30. The van der Waals surface area contributed by atoms with E-state index in [-0.39, 0.29) is 5.02 Å². The summed E-state index contributed by atoms with van der Waals surface area (Å²) in [5, 5.41) is 1.41. The number of carbonyl (C=O) groups excluding carboxylic acids is 1. The first-order valence-electron chi connectivity index (χ1n) is 3.64. The third-order valence-electron chi connectivity index (χ3n) is 1.44. The van der Waals surface area contributed by atoms with Gasteiger partial charge in [0, 0.05) is 5.02 Å². The quantitative estimate of drug-likeness (QED) is 0.753. The Morgan fingerprint density at radius 1 is 1.33 bits per heavy atom. The van der Waals surface area contributed by atoms with E-state index in [2.05, 4.69) is 0 Å². The smallest absolute Gasteiger partial charge is 0.316 e. The summed E-state index contributed by atoms with van der Waals surface area (Å²) in [6, 6.07) is 2.91. The molecule has 82 valence electrons. The minimum Gasteiger partial charge on any atom is -0.316 e. The maximum absolute atomic E-state index is 12.9. The van der Waals surface area contributed by atoms with Crippen LogP contribution in [-0.2, 0) is 4.79 Å². The van der Waals surface area contributed by atoms with Gasteiger partial charge in [0.2, 0.25) is 0 Å². The molecule has 1 N–H and O–H groups in total. The average Bonchev–Trinajstić information content (AvgIpc) is 2.08. The molecule has 0 aliphatic carbocycles. The lowest BCUT2D eigenvalue weighted by Gasteiger charge is -2.08. The highest BCUT2D eigenvalue weighted by Crippen LogP contribution is 2.22. The second kappa shape index (κ2) is 4.06. The maximum atomic E-state index is 12.9. The van der Waals surface area contributed by atoms with Crippen molar-refractivity contribution >= 4 is 23.2 Å². The molecule has 0 heterocycles. The van der Waals surface area contributed by atoms with Crippen LogP contribution < -0.4 is 5.32 Å². The Morgan fingerprint density at radius 2 is 1.93 bits per heavy atom. The van der Waals surface area contributed by atoms with E-state index in [1.54, 1.807) is 0 Å². The van der Waals surface area contributed by atoms with Gasteiger partial charge in [0.15, 0.2) is 0 Å². The fraction of sp³-hybridized carbons (Fsp3) is 0.125. The normalized spacial score (nSPS) is 11.3. The van der Waals surface area contributed by atoms with Crippen molar-refractivity contribution in [3.05, 3.63) is 29.0 Å². The molecule has 1 aromatic carbocycles. The topological polar surface area (TPSA) is 29.1 Å². The second-order valence-corrected chi connectivity index (χ2v) is 3.01. The highest BCUT2D eigenvalue weighted by atomic mass is 35.5. The third-order valence-corrected chi connectivity index (χ3v) is 1.67. The van der Waals surface area contributed by atoms with E-state index < -0.39 is 23.6 Å². The van der Waals surface area contributed by atoms with Gasteiger partial charge >= 0.3 is 12.1 Å². The van der Waals surface area contributed by atoms with E-state index in [1.807, 2.05) is 0 Å². The van der Waals surface area contributed by atoms with Crippen LogP contribution in [0.2, 0.25) is 5.02 Å². The van der Waals surface area contributed by atoms with Gasteiger partial charge in [-0.15, -0.1) is 0 Å². The maximum Gasteiger partial charge on any atom is 0.471 e. The van der Waals surface area contributed by atoms with Gasteiger partial charge in [-0.1, -0.05) is 11.6 Å². The van der Waals surface area contributed by atoms with Crippen molar-refractivity contribution in [3.63, 3.8) is 0 Å². The Bertz CT molecular complexity index is 391. The lowest BCUT2D eigenvalue weighted by molar-refractivity contribution is -0.167. The standard InChI is InChI=1S/C8H4ClF4NO/c9-4-1-2-6(5(10)3-4)14-7(15)8(11,12)13/h1-3H,(H,14,15). The first-order valence-corrected chi connectivity index (χ1v) is 4.02. The molecule has 15 heavy (non-hydrogen) atoms. The molecule has 0 unspecified atom stereocenters. The molecule has 0 saturated carbocycles. The molecular weight excluding hydrogens is 238 g/mol. The number of anilines is 1. The highest BCUT2D eigenvalue weighted by molar-refractivity contribution is 6.30. The van der Waals surface area contributed by atoms with Crippen molar-refractivity contribution in [2.75, 3.05) is 5.32 Å². The number of carbonyl (C=O) groups is 1. The Labute approximate surface area is 86.8 Å². The number of rotatable bonds is 1. The predicted octanol–water partition coefficient (Wildman–Crippen LogP) is 2.98. The van der Waals surface area contributed by atoms with Gasteiger partial charge in [0.25, 0.3) is 0 Å². The summed E-state index contributed by atoms with van der Waals surface area (Å²) in [6.07, 6.45) is -5.05. The largest absolute Gasteiger partial charge is 0.471 e. The number of hydrogen-bond acceptors (Lipinski definition) is 1. The molecule has 0 aliphatic rings. The lowest BCUT2D eigenvalue weighted by atomic mass is 10.3. The molecule has 0 saturated heterocycles. The summed E-state index contributed by atoms with van der Waals surface area (Å²) >= 11 is 5.37. The molecule has 0 atom stereocenters. The van der Waals surface area contributed by atoms with E-state index in [9.17, 15) is 22.4 Å². The van der Waals surface area contributed by atoms with Crippen LogP contribution in [0.4, 0.5) is 23.2 Å². The average molecular weight is 242 g/mol. The van der Waals surface area contributed by atoms with Gasteiger partial charge in [-0.3, -0.25) is 4.79 Å². The zero-order valence-electron chi connectivity index (χ0n) is 7.03. The van der Waals surface area contributed by atoms with Crippen molar-refractivity contribution in [2.24, 2.45) is 0 Å². The van der Waals surface area contributed by atoms with Crippen molar-refractivity contribution in [1.29, 1.82) is 0 Å². The second-order valence-electron chi connectivity index (χ2n) is 2.58. The third kappa shape index (κ3) is 3.09. The number of benzene rings is 1. The van der Waals surface area contributed by atoms with E-state index in [0.29, 0.717) is 0 Å². The Balaban J connectivity index is 2.87. The molecule has 0 aliphatic heterocycles. The SMILES string of the molecule is O=C(Nc1ccc(Cl)cc1F)C(F)(F)F. The van der Waals surface area contributed by atoms with Crippen molar-refractivity contribution in [3.8, 4) is 0 Å². The van der Waals surface area contributed by atoms with Gasteiger partial charge in [-0.25, -0.2) is 4.39 Å². The molecule has 1 amide bonds. The number of halogens is 5. The molecule has 0 fully saturated rings. The van der Waals surface area contributed by atoms with Gasteiger partial charge in [0.1, 0.15) is 5.82 Å². The van der Waals surface area contributed by atoms with E-state index in [4.69, 9.17) is 11.6 Å². The minimum absolute atomic E-state index is 0.0255. The summed E-state index contributed by atoms with van der Waals surface area (Å²) in [6.45, 7) is 0. The van der Waals surface area contributed by atoms with Gasteiger partial charge in [-0.05, 0) is 18.2 Å². The van der Waals surface area contributed by atoms with E-state index >= 15 is 0 Å². The fourth-order valence-electron chi connectivity index (χ4n) is 0.784. The molecule has 0 bridgehead atoms. The summed E-state index contributed by atoms with van der Waals surface area (Å²) in [5.41, 5.74) is -0.568. The van der Waals surface area contributed by atoms with Crippen LogP contribution in [0.15, 0.2) is 18.2 Å². The van der Waals surface area contributed by atoms with Gasteiger partial charge < -0.3 is 5.32 Å². The molecule has 7 heteroatoms. The summed E-state index contributed by atoms with van der Waals surface area (Å²) in [7, 11) is 0. The Morgan fingerprint density at radius 3 is 2.40 bits per heavy atom. The predicted molar refractivity (Wildman–Crippen MR) is 46.1 cm³/mol. The lowest BCUT2D eigenvalue weighted by Crippen LogP contribution is -2.30. The van der Waals surface area contributed by atoms with Crippen molar-refractivity contribution in [2.45, 2.75) is 6.18 Å². The number of nitrogens with one attached hydrogen (secondary N) is 1. The summed E-state index contributed by atoms with van der Waals surface area (Å²) in [4.78, 5) is 10.4. The number of alkyl halides is 3. The van der Waals surface area contributed by atoms with Crippen LogP contribution in [0.5, 0.6) is 0 Å². The molecule has 0 spiro atoms. The van der Waals surface area contributed by atoms with Crippen LogP contribution in [0, 0.1) is 5.82 Å². The first kappa shape index (κ1) is 11.8. The number of hydrogen-bond donors (Lipinski definition) is 1. The zero-order valence-corrected chi connectivity index (χ0v) is 7.79. The van der Waals surface area contributed by atoms with Gasteiger partial charge in [-0.2, -0.15) is 13.2 Å². The van der Waals surface area contributed by atoms with Crippen LogP contribution >= 0.6 is 11.6 Å².